The first-order valence-corrected chi connectivity index (χ1v) is 6.78. The molecule has 1 aromatic heterocycles. The molecule has 0 unspecified atom stereocenters. The molecule has 0 fully saturated rings. The number of rotatable bonds is 4. The Morgan fingerprint density at radius 3 is 2.75 bits per heavy atom. The standard InChI is InChI=1S/C14H15BrN4O/c1-19(8-9-3-2-4-10(15)7-9)14-11(16)5-6-12(18-14)13(17)20/h2-7H,8,16H2,1H3,(H2,17,20). The van der Waals surface area contributed by atoms with Gasteiger partial charge in [-0.05, 0) is 29.8 Å². The third-order valence-corrected chi connectivity index (χ3v) is 3.32. The minimum atomic E-state index is -0.567. The van der Waals surface area contributed by atoms with Crippen molar-refractivity contribution in [3.05, 3.63) is 52.1 Å². The summed E-state index contributed by atoms with van der Waals surface area (Å²) in [4.78, 5) is 17.3. The lowest BCUT2D eigenvalue weighted by Crippen LogP contribution is -2.21. The Kier molecular flexibility index (Phi) is 4.24. The van der Waals surface area contributed by atoms with Crippen molar-refractivity contribution >= 4 is 33.3 Å². The largest absolute Gasteiger partial charge is 0.396 e. The van der Waals surface area contributed by atoms with Crippen molar-refractivity contribution in [2.45, 2.75) is 6.54 Å². The minimum Gasteiger partial charge on any atom is -0.396 e. The van der Waals surface area contributed by atoms with Crippen molar-refractivity contribution in [3.8, 4) is 0 Å². The highest BCUT2D eigenvalue weighted by molar-refractivity contribution is 9.10. The molecule has 0 bridgehead atoms. The first-order valence-electron chi connectivity index (χ1n) is 5.99. The van der Waals surface area contributed by atoms with Gasteiger partial charge in [-0.25, -0.2) is 4.98 Å². The van der Waals surface area contributed by atoms with Crippen LogP contribution in [-0.2, 0) is 6.54 Å². The molecule has 0 aliphatic heterocycles. The van der Waals surface area contributed by atoms with Crippen LogP contribution in [0.2, 0.25) is 0 Å². The van der Waals surface area contributed by atoms with E-state index >= 15 is 0 Å². The number of primary amides is 1. The number of benzene rings is 1. The summed E-state index contributed by atoms with van der Waals surface area (Å²) in [6, 6.07) is 11.1. The van der Waals surface area contributed by atoms with E-state index in [0.29, 0.717) is 18.1 Å². The zero-order chi connectivity index (χ0) is 14.7. The van der Waals surface area contributed by atoms with Crippen molar-refractivity contribution < 1.29 is 4.79 Å². The summed E-state index contributed by atoms with van der Waals surface area (Å²) in [6.45, 7) is 0.624. The summed E-state index contributed by atoms with van der Waals surface area (Å²) in [5, 5.41) is 0. The Morgan fingerprint density at radius 1 is 1.35 bits per heavy atom. The smallest absolute Gasteiger partial charge is 0.267 e. The fraction of sp³-hybridized carbons (Fsp3) is 0.143. The van der Waals surface area contributed by atoms with Crippen LogP contribution in [0.5, 0.6) is 0 Å². The Hall–Kier alpha value is -2.08. The zero-order valence-electron chi connectivity index (χ0n) is 11.0. The molecule has 1 heterocycles. The van der Waals surface area contributed by atoms with Gasteiger partial charge < -0.3 is 16.4 Å². The van der Waals surface area contributed by atoms with Crippen molar-refractivity contribution in [2.75, 3.05) is 17.7 Å². The lowest BCUT2D eigenvalue weighted by molar-refractivity contribution is 0.0995. The van der Waals surface area contributed by atoms with Gasteiger partial charge in [-0.3, -0.25) is 4.79 Å². The lowest BCUT2D eigenvalue weighted by Gasteiger charge is -2.20. The molecule has 0 aliphatic rings. The Labute approximate surface area is 125 Å². The van der Waals surface area contributed by atoms with E-state index in [1.165, 1.54) is 6.07 Å². The first kappa shape index (κ1) is 14.3. The number of nitrogens with zero attached hydrogens (tertiary/aromatic N) is 2. The number of anilines is 2. The van der Waals surface area contributed by atoms with Crippen molar-refractivity contribution in [2.24, 2.45) is 5.73 Å². The number of aromatic nitrogens is 1. The number of hydrogen-bond donors (Lipinski definition) is 2. The maximum absolute atomic E-state index is 11.2. The van der Waals surface area contributed by atoms with E-state index < -0.39 is 5.91 Å². The number of carbonyl (C=O) groups is 1. The molecule has 104 valence electrons. The van der Waals surface area contributed by atoms with Gasteiger partial charge in [0.05, 0.1) is 5.69 Å². The van der Waals surface area contributed by atoms with Gasteiger partial charge >= 0.3 is 0 Å². The van der Waals surface area contributed by atoms with E-state index in [1.807, 2.05) is 36.2 Å². The summed E-state index contributed by atoms with van der Waals surface area (Å²) in [6.07, 6.45) is 0. The molecule has 2 aromatic rings. The first-order chi connectivity index (χ1) is 9.47. The van der Waals surface area contributed by atoms with Crippen molar-refractivity contribution in [1.29, 1.82) is 0 Å². The minimum absolute atomic E-state index is 0.204. The van der Waals surface area contributed by atoms with Gasteiger partial charge in [0.1, 0.15) is 5.69 Å². The molecular weight excluding hydrogens is 320 g/mol. The molecule has 20 heavy (non-hydrogen) atoms. The average Bonchev–Trinajstić information content (AvgIpc) is 2.38. The summed E-state index contributed by atoms with van der Waals surface area (Å²) < 4.78 is 1.01. The lowest BCUT2D eigenvalue weighted by atomic mass is 10.2. The molecule has 0 radical (unpaired) electrons. The van der Waals surface area contributed by atoms with Crippen LogP contribution < -0.4 is 16.4 Å². The Bertz CT molecular complexity index is 645. The molecule has 5 nitrogen and oxygen atoms in total. The summed E-state index contributed by atoms with van der Waals surface area (Å²) >= 11 is 3.43. The van der Waals surface area contributed by atoms with Crippen LogP contribution in [0, 0.1) is 0 Å². The second-order valence-electron chi connectivity index (χ2n) is 4.46. The van der Waals surface area contributed by atoms with Gasteiger partial charge in [0.15, 0.2) is 5.82 Å². The highest BCUT2D eigenvalue weighted by Crippen LogP contribution is 2.22. The fourth-order valence-corrected chi connectivity index (χ4v) is 2.33. The molecule has 2 rings (SSSR count). The SMILES string of the molecule is CN(Cc1cccc(Br)c1)c1nc(C(N)=O)ccc1N. The number of pyridine rings is 1. The number of carbonyl (C=O) groups excluding carboxylic acids is 1. The highest BCUT2D eigenvalue weighted by Gasteiger charge is 2.11. The van der Waals surface area contributed by atoms with Crippen LogP contribution >= 0.6 is 15.9 Å². The molecular formula is C14H15BrN4O. The van der Waals surface area contributed by atoms with Gasteiger partial charge in [0.2, 0.25) is 0 Å². The third-order valence-electron chi connectivity index (χ3n) is 2.83. The van der Waals surface area contributed by atoms with E-state index in [4.69, 9.17) is 11.5 Å². The average molecular weight is 335 g/mol. The normalized spacial score (nSPS) is 10.3. The Morgan fingerprint density at radius 2 is 2.10 bits per heavy atom. The number of nitrogens with two attached hydrogens (primary N) is 2. The number of hydrogen-bond acceptors (Lipinski definition) is 4. The van der Waals surface area contributed by atoms with Crippen LogP contribution in [-0.4, -0.2) is 17.9 Å². The van der Waals surface area contributed by atoms with E-state index in [1.54, 1.807) is 6.07 Å². The van der Waals surface area contributed by atoms with Crippen LogP contribution in [0.3, 0.4) is 0 Å². The van der Waals surface area contributed by atoms with Crippen molar-refractivity contribution in [3.63, 3.8) is 0 Å². The van der Waals surface area contributed by atoms with Gasteiger partial charge in [0.25, 0.3) is 5.91 Å². The zero-order valence-corrected chi connectivity index (χ0v) is 12.6. The monoisotopic (exact) mass is 334 g/mol. The van der Waals surface area contributed by atoms with Crippen LogP contribution in [0.15, 0.2) is 40.9 Å². The second-order valence-corrected chi connectivity index (χ2v) is 5.38. The van der Waals surface area contributed by atoms with E-state index in [9.17, 15) is 4.79 Å². The van der Waals surface area contributed by atoms with Crippen LogP contribution in [0.4, 0.5) is 11.5 Å². The molecule has 0 aliphatic carbocycles. The number of halogens is 1. The molecule has 6 heteroatoms. The predicted octanol–water partition coefficient (Wildman–Crippen LogP) is 2.16. The van der Waals surface area contributed by atoms with E-state index in [2.05, 4.69) is 20.9 Å². The molecule has 1 amide bonds. The van der Waals surface area contributed by atoms with E-state index in [0.717, 1.165) is 10.0 Å². The summed E-state index contributed by atoms with van der Waals surface area (Å²) in [7, 11) is 1.87. The van der Waals surface area contributed by atoms with Gasteiger partial charge in [-0.2, -0.15) is 0 Å². The van der Waals surface area contributed by atoms with Crippen molar-refractivity contribution in [1.82, 2.24) is 4.98 Å². The maximum Gasteiger partial charge on any atom is 0.267 e. The van der Waals surface area contributed by atoms with Gasteiger partial charge in [-0.1, -0.05) is 28.1 Å². The molecule has 0 spiro atoms. The third kappa shape index (κ3) is 3.27. The molecule has 0 saturated heterocycles. The molecule has 1 aromatic carbocycles. The number of nitrogen functional groups attached to an aromatic ring is 1. The molecule has 0 atom stereocenters. The van der Waals surface area contributed by atoms with Crippen LogP contribution in [0.25, 0.3) is 0 Å². The fourth-order valence-electron chi connectivity index (χ4n) is 1.89. The summed E-state index contributed by atoms with van der Waals surface area (Å²) in [5.41, 5.74) is 13.0. The maximum atomic E-state index is 11.2. The van der Waals surface area contributed by atoms with Gasteiger partial charge in [-0.15, -0.1) is 0 Å². The summed E-state index contributed by atoms with van der Waals surface area (Å²) in [5.74, 6) is -0.0246. The topological polar surface area (TPSA) is 85.2 Å². The Balaban J connectivity index is 2.26. The highest BCUT2D eigenvalue weighted by atomic mass is 79.9. The van der Waals surface area contributed by atoms with Crippen LogP contribution in [0.1, 0.15) is 16.1 Å². The number of amides is 1. The second kappa shape index (κ2) is 5.92. The molecule has 4 N–H and O–H groups in total. The quantitative estimate of drug-likeness (QED) is 0.897. The predicted molar refractivity (Wildman–Crippen MR) is 83.4 cm³/mol. The molecule has 0 saturated carbocycles. The van der Waals surface area contributed by atoms with E-state index in [-0.39, 0.29) is 5.69 Å². The van der Waals surface area contributed by atoms with Gasteiger partial charge in [0, 0.05) is 18.1 Å².